The van der Waals surface area contributed by atoms with Gasteiger partial charge in [0.25, 0.3) is 0 Å². The Hall–Kier alpha value is -3.54. The maximum Gasteiger partial charge on any atom is 0.328 e. The predicted octanol–water partition coefficient (Wildman–Crippen LogP) is 4.92. The molecule has 1 aliphatic carbocycles. The van der Waals surface area contributed by atoms with Crippen molar-refractivity contribution in [2.75, 3.05) is 12.0 Å². The SMILES string of the molecule is COc1c(CN(C(=O)C2CC2)c2ccc(/C=C/C(=O)O)cc2)ccc2c1OC(C)(C)C=C2. The summed E-state index contributed by atoms with van der Waals surface area (Å²) < 4.78 is 11.9. The molecule has 166 valence electrons. The maximum absolute atomic E-state index is 13.2. The average molecular weight is 434 g/mol. The van der Waals surface area contributed by atoms with Crippen LogP contribution in [0.25, 0.3) is 12.2 Å². The standard InChI is InChI=1S/C26H27NO5/c1-26(2)15-14-18-7-10-20(23(31-3)24(18)32-26)16-27(25(30)19-8-9-19)21-11-4-17(5-12-21)6-13-22(28)29/h4-7,10-15,19H,8-9,16H2,1-3H3,(H,28,29)/b13-6+. The number of methoxy groups -OCH3 is 1. The van der Waals surface area contributed by atoms with Crippen LogP contribution in [0.5, 0.6) is 11.5 Å². The first-order chi connectivity index (χ1) is 15.3. The van der Waals surface area contributed by atoms with Crippen molar-refractivity contribution in [1.29, 1.82) is 0 Å². The molecule has 6 heteroatoms. The van der Waals surface area contributed by atoms with E-state index in [0.29, 0.717) is 18.0 Å². The molecule has 1 fully saturated rings. The monoisotopic (exact) mass is 433 g/mol. The maximum atomic E-state index is 13.2. The van der Waals surface area contributed by atoms with Gasteiger partial charge in [-0.15, -0.1) is 0 Å². The van der Waals surface area contributed by atoms with E-state index in [-0.39, 0.29) is 11.8 Å². The fraction of sp³-hybridized carbons (Fsp3) is 0.308. The molecule has 4 rings (SSSR count). The molecule has 32 heavy (non-hydrogen) atoms. The smallest absolute Gasteiger partial charge is 0.328 e. The molecule has 1 saturated carbocycles. The number of carboxylic acids is 1. The summed E-state index contributed by atoms with van der Waals surface area (Å²) >= 11 is 0. The van der Waals surface area contributed by atoms with Gasteiger partial charge in [0.05, 0.1) is 13.7 Å². The van der Waals surface area contributed by atoms with E-state index in [1.807, 2.05) is 62.4 Å². The third-order valence-corrected chi connectivity index (χ3v) is 5.60. The van der Waals surface area contributed by atoms with Gasteiger partial charge in [-0.25, -0.2) is 4.79 Å². The number of benzene rings is 2. The average Bonchev–Trinajstić information content (AvgIpc) is 3.60. The van der Waals surface area contributed by atoms with Crippen molar-refractivity contribution in [1.82, 2.24) is 0 Å². The lowest BCUT2D eigenvalue weighted by Crippen LogP contribution is -2.32. The molecule has 0 bridgehead atoms. The van der Waals surface area contributed by atoms with Crippen LogP contribution in [0, 0.1) is 5.92 Å². The van der Waals surface area contributed by atoms with Crippen LogP contribution in [-0.4, -0.2) is 29.7 Å². The zero-order chi connectivity index (χ0) is 22.9. The molecule has 0 unspecified atom stereocenters. The van der Waals surface area contributed by atoms with Crippen LogP contribution in [-0.2, 0) is 16.1 Å². The Morgan fingerprint density at radius 3 is 2.53 bits per heavy atom. The Bertz CT molecular complexity index is 1090. The molecule has 6 nitrogen and oxygen atoms in total. The van der Waals surface area contributed by atoms with Gasteiger partial charge in [-0.3, -0.25) is 4.79 Å². The van der Waals surface area contributed by atoms with Crippen molar-refractivity contribution in [3.05, 3.63) is 65.2 Å². The highest BCUT2D eigenvalue weighted by molar-refractivity contribution is 5.96. The van der Waals surface area contributed by atoms with Gasteiger partial charge in [0.1, 0.15) is 5.60 Å². The number of hydrogen-bond acceptors (Lipinski definition) is 4. The second-order valence-corrected chi connectivity index (χ2v) is 8.68. The van der Waals surface area contributed by atoms with Crippen LogP contribution >= 0.6 is 0 Å². The molecule has 2 aromatic rings. The number of hydrogen-bond donors (Lipinski definition) is 1. The molecule has 0 atom stereocenters. The number of nitrogens with zero attached hydrogens (tertiary/aromatic N) is 1. The van der Waals surface area contributed by atoms with Crippen LogP contribution < -0.4 is 14.4 Å². The van der Waals surface area contributed by atoms with Crippen molar-refractivity contribution in [2.45, 2.75) is 38.8 Å². The number of rotatable bonds is 7. The molecule has 1 N–H and O–H groups in total. The highest BCUT2D eigenvalue weighted by Gasteiger charge is 2.35. The molecule has 1 amide bonds. The lowest BCUT2D eigenvalue weighted by Gasteiger charge is -2.31. The van der Waals surface area contributed by atoms with E-state index in [2.05, 4.69) is 0 Å². The molecule has 0 radical (unpaired) electrons. The van der Waals surface area contributed by atoms with Gasteiger partial charge in [-0.2, -0.15) is 0 Å². The van der Waals surface area contributed by atoms with E-state index >= 15 is 0 Å². The summed E-state index contributed by atoms with van der Waals surface area (Å²) in [6.07, 6.45) is 8.46. The third-order valence-electron chi connectivity index (χ3n) is 5.60. The first kappa shape index (κ1) is 21.7. The highest BCUT2D eigenvalue weighted by Crippen LogP contribution is 2.42. The fourth-order valence-corrected chi connectivity index (χ4v) is 3.74. The van der Waals surface area contributed by atoms with Crippen LogP contribution in [0.15, 0.2) is 48.6 Å². The lowest BCUT2D eigenvalue weighted by atomic mass is 9.99. The summed E-state index contributed by atoms with van der Waals surface area (Å²) in [6, 6.07) is 11.3. The first-order valence-electron chi connectivity index (χ1n) is 10.7. The summed E-state index contributed by atoms with van der Waals surface area (Å²) in [5.41, 5.74) is 2.88. The van der Waals surface area contributed by atoms with Crippen molar-refractivity contribution >= 4 is 29.7 Å². The predicted molar refractivity (Wildman–Crippen MR) is 124 cm³/mol. The Morgan fingerprint density at radius 2 is 1.91 bits per heavy atom. The molecular weight excluding hydrogens is 406 g/mol. The Morgan fingerprint density at radius 1 is 1.19 bits per heavy atom. The van der Waals surface area contributed by atoms with E-state index in [0.717, 1.165) is 41.3 Å². The molecular formula is C26H27NO5. The topological polar surface area (TPSA) is 76.1 Å². The normalized spacial score (nSPS) is 16.3. The van der Waals surface area contributed by atoms with Crippen LogP contribution in [0.2, 0.25) is 0 Å². The molecule has 0 spiro atoms. The summed E-state index contributed by atoms with van der Waals surface area (Å²) in [4.78, 5) is 25.7. The molecule has 1 heterocycles. The zero-order valence-corrected chi connectivity index (χ0v) is 18.5. The minimum Gasteiger partial charge on any atom is -0.492 e. The Labute approximate surface area is 187 Å². The number of aliphatic carboxylic acids is 1. The van der Waals surface area contributed by atoms with E-state index in [4.69, 9.17) is 14.6 Å². The van der Waals surface area contributed by atoms with Crippen LogP contribution in [0.3, 0.4) is 0 Å². The van der Waals surface area contributed by atoms with Gasteiger partial charge in [-0.1, -0.05) is 30.3 Å². The van der Waals surface area contributed by atoms with Crippen molar-refractivity contribution in [3.8, 4) is 11.5 Å². The Balaban J connectivity index is 1.67. The Kier molecular flexibility index (Phi) is 5.78. The lowest BCUT2D eigenvalue weighted by molar-refractivity contribution is -0.131. The van der Waals surface area contributed by atoms with Crippen molar-refractivity contribution in [2.24, 2.45) is 5.92 Å². The van der Waals surface area contributed by atoms with Gasteiger partial charge >= 0.3 is 5.97 Å². The van der Waals surface area contributed by atoms with Gasteiger partial charge in [0, 0.05) is 28.8 Å². The number of fused-ring (bicyclic) bond motifs is 1. The summed E-state index contributed by atoms with van der Waals surface area (Å²) in [6.45, 7) is 4.33. The van der Waals surface area contributed by atoms with Crippen molar-refractivity contribution in [3.63, 3.8) is 0 Å². The van der Waals surface area contributed by atoms with E-state index < -0.39 is 11.6 Å². The quantitative estimate of drug-likeness (QED) is 0.627. The summed E-state index contributed by atoms with van der Waals surface area (Å²) in [5.74, 6) is 0.447. The highest BCUT2D eigenvalue weighted by atomic mass is 16.5. The fourth-order valence-electron chi connectivity index (χ4n) is 3.74. The van der Waals surface area contributed by atoms with E-state index in [9.17, 15) is 9.59 Å². The summed E-state index contributed by atoms with van der Waals surface area (Å²) in [7, 11) is 1.62. The minimum atomic E-state index is -1.00. The van der Waals surface area contributed by atoms with Gasteiger partial charge in [0.2, 0.25) is 5.91 Å². The minimum absolute atomic E-state index is 0.0447. The molecule has 2 aliphatic rings. The first-order valence-corrected chi connectivity index (χ1v) is 10.7. The zero-order valence-electron chi connectivity index (χ0n) is 18.5. The van der Waals surface area contributed by atoms with Gasteiger partial charge in [0.15, 0.2) is 11.5 Å². The van der Waals surface area contributed by atoms with Crippen molar-refractivity contribution < 1.29 is 24.2 Å². The van der Waals surface area contributed by atoms with E-state index in [1.54, 1.807) is 12.0 Å². The van der Waals surface area contributed by atoms with E-state index in [1.165, 1.54) is 6.08 Å². The number of anilines is 1. The molecule has 2 aromatic carbocycles. The van der Waals surface area contributed by atoms with Gasteiger partial charge in [-0.05, 0) is 56.5 Å². The van der Waals surface area contributed by atoms with Crippen LogP contribution in [0.1, 0.15) is 43.4 Å². The number of carbonyl (C=O) groups is 2. The molecule has 0 aromatic heterocycles. The second kappa shape index (κ2) is 8.54. The number of amides is 1. The number of carboxylic acid groups (broad SMARTS) is 1. The largest absolute Gasteiger partial charge is 0.492 e. The van der Waals surface area contributed by atoms with Gasteiger partial charge < -0.3 is 19.5 Å². The molecule has 0 saturated heterocycles. The van der Waals surface area contributed by atoms with Crippen LogP contribution in [0.4, 0.5) is 5.69 Å². The number of ether oxygens (including phenoxy) is 2. The third kappa shape index (κ3) is 4.69. The molecule has 1 aliphatic heterocycles. The summed E-state index contributed by atoms with van der Waals surface area (Å²) in [5, 5.41) is 8.82. The number of carbonyl (C=O) groups excluding carboxylic acids is 1. The second-order valence-electron chi connectivity index (χ2n) is 8.68.